The first-order chi connectivity index (χ1) is 12.5. The number of likely N-dealkylation sites (N-methyl/N-ethyl adjacent to an activating group) is 1. The molecule has 2 aromatic rings. The van der Waals surface area contributed by atoms with Gasteiger partial charge < -0.3 is 38.5 Å². The van der Waals surface area contributed by atoms with Crippen molar-refractivity contribution in [2.24, 2.45) is 0 Å². The summed E-state index contributed by atoms with van der Waals surface area (Å²) in [5.74, 6) is -0.134. The SMILES string of the molecule is C[N+]1(Cc2ccc(NC(=O)C=Cc3cccc(Br)c3)cc2)CCOCC1.[I-]. The zero-order valence-corrected chi connectivity index (χ0v) is 19.1. The first-order valence-corrected chi connectivity index (χ1v) is 9.57. The number of morpholine rings is 1. The number of quaternary nitrogens is 1. The van der Waals surface area contributed by atoms with Gasteiger partial charge in [0.2, 0.25) is 5.91 Å². The van der Waals surface area contributed by atoms with Crippen LogP contribution in [0.1, 0.15) is 11.1 Å². The van der Waals surface area contributed by atoms with Crippen molar-refractivity contribution in [3.05, 3.63) is 70.2 Å². The molecule has 0 saturated carbocycles. The van der Waals surface area contributed by atoms with E-state index in [1.54, 1.807) is 12.2 Å². The lowest BCUT2D eigenvalue weighted by Crippen LogP contribution is -3.00. The van der Waals surface area contributed by atoms with Crippen molar-refractivity contribution in [3.8, 4) is 0 Å². The maximum atomic E-state index is 12.1. The number of rotatable bonds is 5. The van der Waals surface area contributed by atoms with Crippen LogP contribution in [0, 0.1) is 0 Å². The number of nitrogens with zero attached hydrogens (tertiary/aromatic N) is 1. The lowest BCUT2D eigenvalue weighted by molar-refractivity contribution is -0.929. The molecule has 0 radical (unpaired) electrons. The number of amides is 1. The highest BCUT2D eigenvalue weighted by Crippen LogP contribution is 2.17. The van der Waals surface area contributed by atoms with Crippen molar-refractivity contribution in [1.29, 1.82) is 0 Å². The fraction of sp³-hybridized carbons (Fsp3) is 0.286. The first kappa shape index (κ1) is 22.1. The molecule has 3 rings (SSSR count). The Labute approximate surface area is 186 Å². The smallest absolute Gasteiger partial charge is 0.248 e. The average molecular weight is 543 g/mol. The van der Waals surface area contributed by atoms with Gasteiger partial charge in [-0.25, -0.2) is 0 Å². The van der Waals surface area contributed by atoms with E-state index in [-0.39, 0.29) is 29.9 Å². The summed E-state index contributed by atoms with van der Waals surface area (Å²) in [6, 6.07) is 15.9. The Balaban J connectivity index is 0.00000261. The molecule has 0 bridgehead atoms. The van der Waals surface area contributed by atoms with Crippen molar-refractivity contribution in [1.82, 2.24) is 0 Å². The molecule has 1 aliphatic rings. The maximum Gasteiger partial charge on any atom is 0.248 e. The summed E-state index contributed by atoms with van der Waals surface area (Å²) in [7, 11) is 2.27. The summed E-state index contributed by atoms with van der Waals surface area (Å²) in [5.41, 5.74) is 3.06. The van der Waals surface area contributed by atoms with Crippen LogP contribution in [0.3, 0.4) is 0 Å². The normalized spacial score (nSPS) is 15.9. The lowest BCUT2D eigenvalue weighted by atomic mass is 10.1. The van der Waals surface area contributed by atoms with Crippen molar-refractivity contribution < 1.29 is 38.0 Å². The molecule has 1 amide bonds. The number of benzene rings is 2. The third-order valence-corrected chi connectivity index (χ3v) is 5.11. The highest BCUT2D eigenvalue weighted by Gasteiger charge is 2.25. The van der Waals surface area contributed by atoms with E-state index in [0.29, 0.717) is 0 Å². The topological polar surface area (TPSA) is 38.3 Å². The highest BCUT2D eigenvalue weighted by atomic mass is 127. The number of carbonyl (C=O) groups is 1. The standard InChI is InChI=1S/C21H23BrN2O2.HI/c1-24(11-13-26-14-12-24)16-18-5-8-20(9-6-18)23-21(25)10-7-17-3-2-4-19(22)15-17;/h2-10,15H,11-14,16H2,1H3;1H. The van der Waals surface area contributed by atoms with Crippen LogP contribution >= 0.6 is 15.9 Å². The summed E-state index contributed by atoms with van der Waals surface area (Å²) < 4.78 is 7.45. The second-order valence-corrected chi connectivity index (χ2v) is 7.83. The van der Waals surface area contributed by atoms with Crippen LogP contribution in [-0.2, 0) is 16.1 Å². The molecular weight excluding hydrogens is 519 g/mol. The minimum Gasteiger partial charge on any atom is -1.00 e. The van der Waals surface area contributed by atoms with E-state index in [1.807, 2.05) is 36.4 Å². The molecule has 0 atom stereocenters. The van der Waals surface area contributed by atoms with E-state index in [4.69, 9.17) is 4.74 Å². The van der Waals surface area contributed by atoms with Crippen molar-refractivity contribution in [2.75, 3.05) is 38.7 Å². The molecule has 144 valence electrons. The maximum absolute atomic E-state index is 12.1. The van der Waals surface area contributed by atoms with Crippen molar-refractivity contribution in [2.45, 2.75) is 6.54 Å². The zero-order chi connectivity index (χ0) is 18.4. The van der Waals surface area contributed by atoms with E-state index in [1.165, 1.54) is 5.56 Å². The predicted molar refractivity (Wildman–Crippen MR) is 109 cm³/mol. The summed E-state index contributed by atoms with van der Waals surface area (Å²) >= 11 is 3.43. The molecule has 1 fully saturated rings. The summed E-state index contributed by atoms with van der Waals surface area (Å²) in [6.07, 6.45) is 3.35. The number of hydrogen-bond acceptors (Lipinski definition) is 2. The Morgan fingerprint density at radius 3 is 2.56 bits per heavy atom. The second kappa shape index (κ2) is 10.4. The summed E-state index contributed by atoms with van der Waals surface area (Å²) in [6.45, 7) is 4.72. The Bertz CT molecular complexity index is 787. The molecule has 0 aromatic heterocycles. The lowest BCUT2D eigenvalue weighted by Gasteiger charge is -2.37. The van der Waals surface area contributed by atoms with Gasteiger partial charge in [-0.15, -0.1) is 0 Å². The average Bonchev–Trinajstić information content (AvgIpc) is 2.62. The molecule has 0 aliphatic carbocycles. The highest BCUT2D eigenvalue weighted by molar-refractivity contribution is 9.10. The number of halogens is 2. The molecule has 1 saturated heterocycles. The van der Waals surface area contributed by atoms with Crippen molar-refractivity contribution >= 4 is 33.6 Å². The van der Waals surface area contributed by atoms with Gasteiger partial charge in [0.05, 0.1) is 20.3 Å². The number of anilines is 1. The van der Waals surface area contributed by atoms with Crippen LogP contribution in [0.4, 0.5) is 5.69 Å². The summed E-state index contributed by atoms with van der Waals surface area (Å²) in [4.78, 5) is 12.1. The molecule has 4 nitrogen and oxygen atoms in total. The zero-order valence-electron chi connectivity index (χ0n) is 15.3. The van der Waals surface area contributed by atoms with Crippen molar-refractivity contribution in [3.63, 3.8) is 0 Å². The second-order valence-electron chi connectivity index (χ2n) is 6.91. The molecule has 1 aliphatic heterocycles. The molecular formula is C21H24BrIN2O2. The van der Waals surface area contributed by atoms with Gasteiger partial charge in [-0.1, -0.05) is 40.2 Å². The molecule has 1 N–H and O–H groups in total. The number of carbonyl (C=O) groups excluding carboxylic acids is 1. The number of nitrogens with one attached hydrogen (secondary N) is 1. The molecule has 0 spiro atoms. The Hall–Kier alpha value is -1.22. The fourth-order valence-corrected chi connectivity index (χ4v) is 3.46. The van der Waals surface area contributed by atoms with Gasteiger partial charge in [-0.3, -0.25) is 4.79 Å². The third-order valence-electron chi connectivity index (χ3n) is 4.61. The third kappa shape index (κ3) is 7.03. The molecule has 6 heteroatoms. The molecule has 1 heterocycles. The number of ether oxygens (including phenoxy) is 1. The van der Waals surface area contributed by atoms with Gasteiger partial charge in [0.15, 0.2) is 0 Å². The van der Waals surface area contributed by atoms with Gasteiger partial charge in [-0.2, -0.15) is 0 Å². The first-order valence-electron chi connectivity index (χ1n) is 8.77. The molecule has 0 unspecified atom stereocenters. The van der Waals surface area contributed by atoms with Crippen LogP contribution in [0.25, 0.3) is 6.08 Å². The predicted octanol–water partition coefficient (Wildman–Crippen LogP) is 1.08. The van der Waals surface area contributed by atoms with Crippen LogP contribution in [0.5, 0.6) is 0 Å². The summed E-state index contributed by atoms with van der Waals surface area (Å²) in [5, 5.41) is 2.90. The Morgan fingerprint density at radius 1 is 1.19 bits per heavy atom. The van der Waals surface area contributed by atoms with Crippen LogP contribution in [0.15, 0.2) is 59.1 Å². The van der Waals surface area contributed by atoms with E-state index in [0.717, 1.165) is 53.1 Å². The molecule has 27 heavy (non-hydrogen) atoms. The Kier molecular flexibility index (Phi) is 8.47. The van der Waals surface area contributed by atoms with Crippen LogP contribution < -0.4 is 29.3 Å². The van der Waals surface area contributed by atoms with Gasteiger partial charge in [-0.05, 0) is 35.9 Å². The minimum atomic E-state index is -0.134. The van der Waals surface area contributed by atoms with E-state index in [2.05, 4.69) is 40.4 Å². The van der Waals surface area contributed by atoms with E-state index in [9.17, 15) is 4.79 Å². The van der Waals surface area contributed by atoms with E-state index >= 15 is 0 Å². The van der Waals surface area contributed by atoms with E-state index < -0.39 is 0 Å². The van der Waals surface area contributed by atoms with Crippen LogP contribution in [0.2, 0.25) is 0 Å². The van der Waals surface area contributed by atoms with Gasteiger partial charge in [0.25, 0.3) is 0 Å². The van der Waals surface area contributed by atoms with Gasteiger partial charge >= 0.3 is 0 Å². The van der Waals surface area contributed by atoms with Gasteiger partial charge in [0, 0.05) is 21.8 Å². The largest absolute Gasteiger partial charge is 1.00 e. The fourth-order valence-electron chi connectivity index (χ4n) is 3.04. The van der Waals surface area contributed by atoms with Gasteiger partial charge in [0.1, 0.15) is 19.6 Å². The quantitative estimate of drug-likeness (QED) is 0.349. The molecule has 2 aromatic carbocycles. The van der Waals surface area contributed by atoms with Crippen LogP contribution in [-0.4, -0.2) is 43.7 Å². The Morgan fingerprint density at radius 2 is 1.89 bits per heavy atom. The monoisotopic (exact) mass is 542 g/mol. The number of hydrogen-bond donors (Lipinski definition) is 1. The minimum absolute atomic E-state index is 0.